The van der Waals surface area contributed by atoms with Crippen LogP contribution < -0.4 is 10.0 Å². The van der Waals surface area contributed by atoms with Gasteiger partial charge in [0, 0.05) is 19.3 Å². The second kappa shape index (κ2) is 6.73. The number of sulfonamides is 1. The highest BCUT2D eigenvalue weighted by Gasteiger charge is 2.15. The standard InChI is InChI=1S/C10H20N4O2S/c1-3-5-13-17(15,16)10-8-12-14(9-10)7-6-11-4-2/h8-9,11,13H,3-7H2,1-2H3. The first kappa shape index (κ1) is 14.1. The summed E-state index contributed by atoms with van der Waals surface area (Å²) in [5.74, 6) is 0. The Kier molecular flexibility index (Phi) is 5.60. The number of aromatic nitrogens is 2. The molecule has 0 spiro atoms. The van der Waals surface area contributed by atoms with Gasteiger partial charge in [-0.2, -0.15) is 5.10 Å². The smallest absolute Gasteiger partial charge is 0.243 e. The molecule has 0 aromatic carbocycles. The van der Waals surface area contributed by atoms with E-state index in [4.69, 9.17) is 0 Å². The molecule has 7 heteroatoms. The van der Waals surface area contributed by atoms with Crippen LogP contribution in [0.3, 0.4) is 0 Å². The molecule has 0 unspecified atom stereocenters. The van der Waals surface area contributed by atoms with E-state index in [-0.39, 0.29) is 4.90 Å². The van der Waals surface area contributed by atoms with E-state index in [1.807, 2.05) is 13.8 Å². The largest absolute Gasteiger partial charge is 0.315 e. The van der Waals surface area contributed by atoms with Gasteiger partial charge in [-0.3, -0.25) is 4.68 Å². The lowest BCUT2D eigenvalue weighted by Crippen LogP contribution is -2.24. The summed E-state index contributed by atoms with van der Waals surface area (Å²) in [5, 5.41) is 7.17. The number of likely N-dealkylation sites (N-methyl/N-ethyl adjacent to an activating group) is 1. The van der Waals surface area contributed by atoms with Crippen LogP contribution in [0.15, 0.2) is 17.3 Å². The van der Waals surface area contributed by atoms with Crippen LogP contribution in [0.2, 0.25) is 0 Å². The van der Waals surface area contributed by atoms with Gasteiger partial charge in [0.25, 0.3) is 0 Å². The van der Waals surface area contributed by atoms with Crippen LogP contribution >= 0.6 is 0 Å². The van der Waals surface area contributed by atoms with Gasteiger partial charge in [0.2, 0.25) is 10.0 Å². The highest BCUT2D eigenvalue weighted by molar-refractivity contribution is 7.89. The maximum Gasteiger partial charge on any atom is 0.243 e. The third-order valence-corrected chi connectivity index (χ3v) is 3.65. The number of hydrogen-bond donors (Lipinski definition) is 2. The molecule has 0 bridgehead atoms. The zero-order valence-electron chi connectivity index (χ0n) is 10.3. The van der Waals surface area contributed by atoms with Crippen LogP contribution in [0.4, 0.5) is 0 Å². The maximum absolute atomic E-state index is 11.8. The van der Waals surface area contributed by atoms with Crippen LogP contribution in [0.25, 0.3) is 0 Å². The monoisotopic (exact) mass is 260 g/mol. The Morgan fingerprint density at radius 2 is 2.12 bits per heavy atom. The van der Waals surface area contributed by atoms with Gasteiger partial charge in [0.1, 0.15) is 4.90 Å². The molecular weight excluding hydrogens is 240 g/mol. The van der Waals surface area contributed by atoms with Gasteiger partial charge in [-0.1, -0.05) is 13.8 Å². The first-order chi connectivity index (χ1) is 8.10. The third kappa shape index (κ3) is 4.45. The predicted molar refractivity (Wildman–Crippen MR) is 66.3 cm³/mol. The summed E-state index contributed by atoms with van der Waals surface area (Å²) in [6, 6.07) is 0. The van der Waals surface area contributed by atoms with Crippen LogP contribution in [-0.2, 0) is 16.6 Å². The minimum Gasteiger partial charge on any atom is -0.315 e. The van der Waals surface area contributed by atoms with Crippen molar-refractivity contribution in [2.75, 3.05) is 19.6 Å². The molecule has 0 saturated heterocycles. The first-order valence-corrected chi connectivity index (χ1v) is 7.31. The van der Waals surface area contributed by atoms with Crippen LogP contribution in [0.5, 0.6) is 0 Å². The Hall–Kier alpha value is -0.920. The Labute approximate surface area is 102 Å². The molecule has 0 aliphatic heterocycles. The summed E-state index contributed by atoms with van der Waals surface area (Å²) in [6.07, 6.45) is 3.70. The molecule has 98 valence electrons. The van der Waals surface area contributed by atoms with E-state index in [1.54, 1.807) is 10.9 Å². The summed E-state index contributed by atoms with van der Waals surface area (Å²) in [7, 11) is -3.39. The van der Waals surface area contributed by atoms with Gasteiger partial charge in [-0.05, 0) is 13.0 Å². The fraction of sp³-hybridized carbons (Fsp3) is 0.700. The molecule has 1 aromatic heterocycles. The Bertz CT molecular complexity index is 427. The molecule has 0 amide bonds. The van der Waals surface area contributed by atoms with Crippen LogP contribution in [0.1, 0.15) is 20.3 Å². The number of hydrogen-bond acceptors (Lipinski definition) is 4. The molecule has 2 N–H and O–H groups in total. The summed E-state index contributed by atoms with van der Waals surface area (Å²) in [6.45, 7) is 6.72. The van der Waals surface area contributed by atoms with E-state index in [2.05, 4.69) is 15.1 Å². The van der Waals surface area contributed by atoms with Gasteiger partial charge >= 0.3 is 0 Å². The van der Waals surface area contributed by atoms with Gasteiger partial charge in [-0.15, -0.1) is 0 Å². The summed E-state index contributed by atoms with van der Waals surface area (Å²) < 4.78 is 27.6. The molecule has 0 aliphatic rings. The molecule has 0 saturated carbocycles. The van der Waals surface area contributed by atoms with E-state index < -0.39 is 10.0 Å². The second-order valence-corrected chi connectivity index (χ2v) is 5.46. The average Bonchev–Trinajstić information content (AvgIpc) is 2.76. The van der Waals surface area contributed by atoms with Crippen molar-refractivity contribution in [1.82, 2.24) is 19.8 Å². The first-order valence-electron chi connectivity index (χ1n) is 5.83. The topological polar surface area (TPSA) is 76.0 Å². The van der Waals surface area contributed by atoms with Crippen molar-refractivity contribution in [2.24, 2.45) is 0 Å². The Balaban J connectivity index is 2.60. The van der Waals surface area contributed by atoms with Crippen molar-refractivity contribution in [3.05, 3.63) is 12.4 Å². The Morgan fingerprint density at radius 1 is 1.35 bits per heavy atom. The van der Waals surface area contributed by atoms with Crippen molar-refractivity contribution in [3.63, 3.8) is 0 Å². The van der Waals surface area contributed by atoms with Crippen LogP contribution in [-0.4, -0.2) is 37.8 Å². The second-order valence-electron chi connectivity index (χ2n) is 3.69. The summed E-state index contributed by atoms with van der Waals surface area (Å²) >= 11 is 0. The number of rotatable bonds is 8. The Morgan fingerprint density at radius 3 is 2.76 bits per heavy atom. The molecule has 0 atom stereocenters. The summed E-state index contributed by atoms with van der Waals surface area (Å²) in [5.41, 5.74) is 0. The minimum atomic E-state index is -3.39. The van der Waals surface area contributed by atoms with E-state index in [1.165, 1.54) is 6.20 Å². The van der Waals surface area contributed by atoms with Crippen molar-refractivity contribution in [2.45, 2.75) is 31.7 Å². The fourth-order valence-corrected chi connectivity index (χ4v) is 2.38. The molecule has 1 heterocycles. The molecule has 17 heavy (non-hydrogen) atoms. The molecule has 0 aliphatic carbocycles. The van der Waals surface area contributed by atoms with Gasteiger partial charge < -0.3 is 5.32 Å². The molecule has 1 rings (SSSR count). The molecule has 0 radical (unpaired) electrons. The fourth-order valence-electron chi connectivity index (χ4n) is 1.30. The van der Waals surface area contributed by atoms with Gasteiger partial charge in [0.05, 0.1) is 12.7 Å². The zero-order chi connectivity index (χ0) is 12.7. The average molecular weight is 260 g/mol. The number of nitrogens with zero attached hydrogens (tertiary/aromatic N) is 2. The van der Waals surface area contributed by atoms with E-state index >= 15 is 0 Å². The highest BCUT2D eigenvalue weighted by atomic mass is 32.2. The van der Waals surface area contributed by atoms with Crippen molar-refractivity contribution >= 4 is 10.0 Å². The quantitative estimate of drug-likeness (QED) is 0.654. The maximum atomic E-state index is 11.8. The molecule has 6 nitrogen and oxygen atoms in total. The van der Waals surface area contributed by atoms with Crippen molar-refractivity contribution < 1.29 is 8.42 Å². The van der Waals surface area contributed by atoms with Crippen molar-refractivity contribution in [3.8, 4) is 0 Å². The zero-order valence-corrected chi connectivity index (χ0v) is 11.1. The SMILES string of the molecule is CCCNS(=O)(=O)c1cnn(CCNCC)c1. The lowest BCUT2D eigenvalue weighted by atomic mass is 10.5. The predicted octanol–water partition coefficient (Wildman–Crippen LogP) is 0.181. The van der Waals surface area contributed by atoms with Gasteiger partial charge in [-0.25, -0.2) is 13.1 Å². The normalized spacial score (nSPS) is 11.9. The van der Waals surface area contributed by atoms with E-state index in [9.17, 15) is 8.42 Å². The lowest BCUT2D eigenvalue weighted by Gasteiger charge is -2.02. The van der Waals surface area contributed by atoms with E-state index in [0.29, 0.717) is 13.1 Å². The van der Waals surface area contributed by atoms with E-state index in [0.717, 1.165) is 19.5 Å². The minimum absolute atomic E-state index is 0.224. The van der Waals surface area contributed by atoms with Crippen molar-refractivity contribution in [1.29, 1.82) is 0 Å². The lowest BCUT2D eigenvalue weighted by molar-refractivity contribution is 0.562. The van der Waals surface area contributed by atoms with Crippen LogP contribution in [0, 0.1) is 0 Å². The third-order valence-electron chi connectivity index (χ3n) is 2.23. The molecular formula is C10H20N4O2S. The van der Waals surface area contributed by atoms with Gasteiger partial charge in [0.15, 0.2) is 0 Å². The molecule has 1 aromatic rings. The number of nitrogens with one attached hydrogen (secondary N) is 2. The molecule has 0 fully saturated rings. The highest BCUT2D eigenvalue weighted by Crippen LogP contribution is 2.06. The summed E-state index contributed by atoms with van der Waals surface area (Å²) in [4.78, 5) is 0.224.